The number of hydrogen-bond donors (Lipinski definition) is 2. The quantitative estimate of drug-likeness (QED) is 0.481. The summed E-state index contributed by atoms with van der Waals surface area (Å²) in [7, 11) is -8.40. The van der Waals surface area contributed by atoms with Crippen LogP contribution in [0.5, 0.6) is 0 Å². The first-order valence-corrected chi connectivity index (χ1v) is 11.1. The van der Waals surface area contributed by atoms with Crippen molar-refractivity contribution < 1.29 is 26.8 Å². The Kier molecular flexibility index (Phi) is 5.49. The summed E-state index contributed by atoms with van der Waals surface area (Å²) in [5, 5.41) is 16.9. The standard InChI is InChI=1S/C15H13ClN4O7S2/c16-11-6-12-14(7-13(11)28(17,23)24)29(25,26)19-15(18-12)5-9-1-3-10(4-2-9)8-27-20(21)22/h1-4,6-7H,5,8H2,(H,18,19)(H2,17,23,24). The molecule has 0 unspecified atom stereocenters. The average Bonchev–Trinajstić information content (AvgIpc) is 2.58. The molecule has 0 saturated heterocycles. The summed E-state index contributed by atoms with van der Waals surface area (Å²) in [6.45, 7) is -0.209. The maximum absolute atomic E-state index is 12.5. The van der Waals surface area contributed by atoms with Crippen LogP contribution >= 0.6 is 11.6 Å². The number of halogens is 1. The zero-order valence-corrected chi connectivity index (χ0v) is 16.8. The maximum atomic E-state index is 12.5. The van der Waals surface area contributed by atoms with Gasteiger partial charge < -0.3 is 10.2 Å². The highest BCUT2D eigenvalue weighted by atomic mass is 35.5. The minimum absolute atomic E-state index is 0.0726. The fourth-order valence-corrected chi connectivity index (χ4v) is 4.91. The van der Waals surface area contributed by atoms with Crippen LogP contribution in [0.15, 0.2) is 50.6 Å². The van der Waals surface area contributed by atoms with Crippen LogP contribution in [0.1, 0.15) is 11.1 Å². The summed E-state index contributed by atoms with van der Waals surface area (Å²) in [5.41, 5.74) is 1.31. The first-order valence-electron chi connectivity index (χ1n) is 7.78. The van der Waals surface area contributed by atoms with Gasteiger partial charge in [0.05, 0.1) is 10.7 Å². The lowest BCUT2D eigenvalue weighted by molar-refractivity contribution is -0.763. The van der Waals surface area contributed by atoms with Gasteiger partial charge in [-0.3, -0.25) is 0 Å². The first kappa shape index (κ1) is 21.0. The van der Waals surface area contributed by atoms with Crippen LogP contribution in [-0.4, -0.2) is 27.8 Å². The monoisotopic (exact) mass is 460 g/mol. The predicted molar refractivity (Wildman–Crippen MR) is 103 cm³/mol. The highest BCUT2D eigenvalue weighted by molar-refractivity contribution is 7.91. The molecule has 1 aliphatic heterocycles. The third kappa shape index (κ3) is 4.82. The molecule has 1 heterocycles. The predicted octanol–water partition coefficient (Wildman–Crippen LogP) is 1.45. The molecule has 0 aromatic heterocycles. The molecule has 0 saturated carbocycles. The van der Waals surface area contributed by atoms with Gasteiger partial charge in [-0.1, -0.05) is 35.9 Å². The summed E-state index contributed by atoms with van der Waals surface area (Å²) in [4.78, 5) is 13.6. The van der Waals surface area contributed by atoms with Gasteiger partial charge >= 0.3 is 0 Å². The van der Waals surface area contributed by atoms with Gasteiger partial charge in [0.1, 0.15) is 22.2 Å². The summed E-state index contributed by atoms with van der Waals surface area (Å²) >= 11 is 5.92. The van der Waals surface area contributed by atoms with E-state index in [-0.39, 0.29) is 34.5 Å². The number of nitrogens with two attached hydrogens (primary N) is 1. The Balaban J connectivity index is 1.86. The summed E-state index contributed by atoms with van der Waals surface area (Å²) in [5.74, 6) is 0.0891. The Morgan fingerprint density at radius 1 is 1.21 bits per heavy atom. The number of anilines is 1. The van der Waals surface area contributed by atoms with Crippen molar-refractivity contribution in [3.05, 3.63) is 62.7 Å². The number of nitrogens with zero attached hydrogens (tertiary/aromatic N) is 2. The molecule has 3 N–H and O–H groups in total. The topological polar surface area (TPSA) is 171 Å². The fraction of sp³-hybridized carbons (Fsp3) is 0.133. The SMILES string of the molecule is NS(=O)(=O)c1cc2c(cc1Cl)NC(Cc1ccc(CO[N+](=O)[O-])cc1)=NS2(=O)=O. The number of benzene rings is 2. The van der Waals surface area contributed by atoms with Crippen LogP contribution in [0, 0.1) is 10.1 Å². The van der Waals surface area contributed by atoms with Crippen LogP contribution < -0.4 is 10.5 Å². The highest BCUT2D eigenvalue weighted by Gasteiger charge is 2.28. The van der Waals surface area contributed by atoms with Crippen molar-refractivity contribution in [3.63, 3.8) is 0 Å². The Hall–Kier alpha value is -2.74. The van der Waals surface area contributed by atoms with E-state index in [0.29, 0.717) is 11.1 Å². The molecule has 0 atom stereocenters. The molecular weight excluding hydrogens is 448 g/mol. The fourth-order valence-electron chi connectivity index (χ4n) is 2.59. The van der Waals surface area contributed by atoms with Crippen LogP contribution in [0.4, 0.5) is 5.69 Å². The van der Waals surface area contributed by atoms with Crippen LogP contribution in [0.3, 0.4) is 0 Å². The second-order valence-corrected chi connectivity index (χ2v) is 9.46. The minimum atomic E-state index is -4.22. The van der Waals surface area contributed by atoms with Crippen LogP contribution in [-0.2, 0) is 37.9 Å². The Morgan fingerprint density at radius 3 is 2.41 bits per heavy atom. The lowest BCUT2D eigenvalue weighted by Gasteiger charge is -2.19. The zero-order valence-electron chi connectivity index (χ0n) is 14.4. The van der Waals surface area contributed by atoms with E-state index in [4.69, 9.17) is 16.7 Å². The number of nitrogens with one attached hydrogen (secondary N) is 1. The molecule has 2 aromatic rings. The molecule has 2 aromatic carbocycles. The van der Waals surface area contributed by atoms with Gasteiger partial charge in [-0.2, -0.15) is 8.42 Å². The smallest absolute Gasteiger partial charge is 0.294 e. The van der Waals surface area contributed by atoms with E-state index in [1.807, 2.05) is 0 Å². The molecule has 0 spiro atoms. The number of sulfonamides is 2. The zero-order chi connectivity index (χ0) is 21.4. The van der Waals surface area contributed by atoms with Crippen LogP contribution in [0.25, 0.3) is 0 Å². The Bertz CT molecular complexity index is 1230. The minimum Gasteiger partial charge on any atom is -0.342 e. The van der Waals surface area contributed by atoms with Gasteiger partial charge in [0.25, 0.3) is 15.1 Å². The van der Waals surface area contributed by atoms with Crippen molar-refractivity contribution in [2.45, 2.75) is 22.8 Å². The van der Waals surface area contributed by atoms with Gasteiger partial charge in [0.2, 0.25) is 10.0 Å². The lowest BCUT2D eigenvalue weighted by atomic mass is 10.1. The molecule has 29 heavy (non-hydrogen) atoms. The largest absolute Gasteiger partial charge is 0.342 e. The van der Waals surface area contributed by atoms with E-state index in [1.54, 1.807) is 24.3 Å². The molecule has 0 fully saturated rings. The second-order valence-electron chi connectivity index (χ2n) is 5.95. The van der Waals surface area contributed by atoms with Crippen molar-refractivity contribution in [3.8, 4) is 0 Å². The highest BCUT2D eigenvalue weighted by Crippen LogP contribution is 2.34. The van der Waals surface area contributed by atoms with Gasteiger partial charge in [0.15, 0.2) is 0 Å². The van der Waals surface area contributed by atoms with Crippen molar-refractivity contribution in [2.24, 2.45) is 9.54 Å². The van der Waals surface area contributed by atoms with E-state index in [9.17, 15) is 26.9 Å². The molecule has 0 aliphatic carbocycles. The summed E-state index contributed by atoms with van der Waals surface area (Å²) in [6.07, 6.45) is 0.101. The number of hydrogen-bond acceptors (Lipinski definition) is 8. The number of primary sulfonamides is 1. The van der Waals surface area contributed by atoms with E-state index >= 15 is 0 Å². The Labute approximate surface area is 170 Å². The van der Waals surface area contributed by atoms with Gasteiger partial charge in [-0.15, -0.1) is 14.5 Å². The first-order chi connectivity index (χ1) is 13.5. The van der Waals surface area contributed by atoms with E-state index < -0.39 is 30.0 Å². The van der Waals surface area contributed by atoms with Crippen molar-refractivity contribution >= 4 is 43.2 Å². The third-order valence-corrected chi connectivity index (χ3v) is 6.59. The van der Waals surface area contributed by atoms with Gasteiger partial charge in [-0.25, -0.2) is 13.6 Å². The lowest BCUT2D eigenvalue weighted by Crippen LogP contribution is -2.24. The normalized spacial score (nSPS) is 15.0. The van der Waals surface area contributed by atoms with Crippen LogP contribution in [0.2, 0.25) is 5.02 Å². The second kappa shape index (κ2) is 7.59. The average molecular weight is 461 g/mol. The molecule has 0 bridgehead atoms. The van der Waals surface area contributed by atoms with Gasteiger partial charge in [-0.05, 0) is 23.3 Å². The molecule has 14 heteroatoms. The van der Waals surface area contributed by atoms with Gasteiger partial charge in [0, 0.05) is 6.42 Å². The van der Waals surface area contributed by atoms with E-state index in [2.05, 4.69) is 14.6 Å². The summed E-state index contributed by atoms with van der Waals surface area (Å²) < 4.78 is 51.8. The maximum Gasteiger partial charge on any atom is 0.294 e. The number of amidine groups is 1. The molecule has 154 valence electrons. The van der Waals surface area contributed by atoms with Crippen molar-refractivity contribution in [1.29, 1.82) is 0 Å². The molecule has 11 nitrogen and oxygen atoms in total. The summed E-state index contributed by atoms with van der Waals surface area (Å²) in [6, 6.07) is 8.49. The van der Waals surface area contributed by atoms with Crippen molar-refractivity contribution in [2.75, 3.05) is 5.32 Å². The molecule has 0 amide bonds. The van der Waals surface area contributed by atoms with E-state index in [0.717, 1.165) is 12.1 Å². The molecule has 0 radical (unpaired) electrons. The molecular formula is C15H13ClN4O7S2. The van der Waals surface area contributed by atoms with Crippen molar-refractivity contribution in [1.82, 2.24) is 0 Å². The Morgan fingerprint density at radius 2 is 1.83 bits per heavy atom. The molecule has 1 aliphatic rings. The molecule has 3 rings (SSSR count). The van der Waals surface area contributed by atoms with E-state index in [1.165, 1.54) is 0 Å². The third-order valence-electron chi connectivity index (χ3n) is 3.86. The number of rotatable bonds is 6. The number of fused-ring (bicyclic) bond motifs is 1.